The van der Waals surface area contributed by atoms with E-state index in [1.807, 2.05) is 43.9 Å². The zero-order valence-corrected chi connectivity index (χ0v) is 12.2. The Morgan fingerprint density at radius 3 is 2.67 bits per heavy atom. The standard InChI is InChI=1S/C14H22NO2P/c1-5-11-16-13(3)12(2)15-18(4)17-14-9-7-6-8-10-14/h6-10,12,15H,3,5,11H2,1-2,4H3/t12-,18?/m0/s1. The molecule has 4 heteroatoms. The van der Waals surface area contributed by atoms with E-state index in [1.165, 1.54) is 0 Å². The van der Waals surface area contributed by atoms with Gasteiger partial charge < -0.3 is 9.26 Å². The topological polar surface area (TPSA) is 30.5 Å². The van der Waals surface area contributed by atoms with Crippen LogP contribution in [0.5, 0.6) is 5.75 Å². The molecule has 0 saturated heterocycles. The van der Waals surface area contributed by atoms with Gasteiger partial charge in [-0.2, -0.15) is 0 Å². The van der Waals surface area contributed by atoms with E-state index in [0.717, 1.165) is 17.9 Å². The van der Waals surface area contributed by atoms with Gasteiger partial charge in [0.25, 0.3) is 0 Å². The van der Waals surface area contributed by atoms with Gasteiger partial charge in [0.15, 0.2) is 8.30 Å². The molecular formula is C14H22NO2P. The summed E-state index contributed by atoms with van der Waals surface area (Å²) >= 11 is 0. The fourth-order valence-electron chi connectivity index (χ4n) is 1.37. The van der Waals surface area contributed by atoms with Crippen molar-refractivity contribution in [1.82, 2.24) is 5.09 Å². The first-order chi connectivity index (χ1) is 8.63. The minimum Gasteiger partial charge on any atom is -0.497 e. The molecule has 1 unspecified atom stereocenters. The maximum absolute atomic E-state index is 5.80. The summed E-state index contributed by atoms with van der Waals surface area (Å²) in [5.74, 6) is 1.65. The minimum absolute atomic E-state index is 0.0939. The first kappa shape index (κ1) is 15.0. The van der Waals surface area contributed by atoms with E-state index >= 15 is 0 Å². The van der Waals surface area contributed by atoms with Crippen molar-refractivity contribution in [2.75, 3.05) is 13.3 Å². The molecule has 0 aliphatic carbocycles. The predicted molar refractivity (Wildman–Crippen MR) is 77.9 cm³/mol. The smallest absolute Gasteiger partial charge is 0.158 e. The molecule has 2 atom stereocenters. The zero-order valence-electron chi connectivity index (χ0n) is 11.3. The molecule has 1 rings (SSSR count). The number of nitrogens with one attached hydrogen (secondary N) is 1. The Kier molecular flexibility index (Phi) is 6.77. The lowest BCUT2D eigenvalue weighted by atomic mass is 10.3. The average Bonchev–Trinajstić information content (AvgIpc) is 2.36. The van der Waals surface area contributed by atoms with Gasteiger partial charge in [0.1, 0.15) is 11.5 Å². The lowest BCUT2D eigenvalue weighted by Crippen LogP contribution is -2.25. The summed E-state index contributed by atoms with van der Waals surface area (Å²) < 4.78 is 11.3. The number of hydrogen-bond donors (Lipinski definition) is 1. The van der Waals surface area contributed by atoms with E-state index in [4.69, 9.17) is 9.26 Å². The number of rotatable bonds is 8. The Morgan fingerprint density at radius 2 is 2.06 bits per heavy atom. The van der Waals surface area contributed by atoms with Crippen molar-refractivity contribution in [2.24, 2.45) is 0 Å². The number of ether oxygens (including phenoxy) is 1. The summed E-state index contributed by atoms with van der Waals surface area (Å²) in [5, 5.41) is 3.36. The maximum Gasteiger partial charge on any atom is 0.158 e. The quantitative estimate of drug-likeness (QED) is 0.572. The van der Waals surface area contributed by atoms with Crippen LogP contribution in [0.3, 0.4) is 0 Å². The summed E-state index contributed by atoms with van der Waals surface area (Å²) in [4.78, 5) is 0. The van der Waals surface area contributed by atoms with E-state index in [0.29, 0.717) is 6.61 Å². The molecule has 0 fully saturated rings. The van der Waals surface area contributed by atoms with Gasteiger partial charge in [0.2, 0.25) is 0 Å². The summed E-state index contributed by atoms with van der Waals surface area (Å²) in [6, 6.07) is 9.90. The van der Waals surface area contributed by atoms with Crippen LogP contribution in [0.15, 0.2) is 42.7 Å². The Hall–Kier alpha value is -1.05. The lowest BCUT2D eigenvalue weighted by molar-refractivity contribution is 0.195. The molecule has 1 aromatic rings. The molecule has 0 amide bonds. The molecule has 1 N–H and O–H groups in total. The van der Waals surface area contributed by atoms with Crippen LogP contribution in [0.4, 0.5) is 0 Å². The fraction of sp³-hybridized carbons (Fsp3) is 0.429. The van der Waals surface area contributed by atoms with Gasteiger partial charge in [-0.3, -0.25) is 5.09 Å². The van der Waals surface area contributed by atoms with Crippen molar-refractivity contribution in [3.8, 4) is 5.75 Å². The third kappa shape index (κ3) is 5.52. The second-order valence-corrected chi connectivity index (χ2v) is 5.50. The van der Waals surface area contributed by atoms with Crippen molar-refractivity contribution in [2.45, 2.75) is 26.3 Å². The molecule has 1 aromatic carbocycles. The molecule has 0 spiro atoms. The third-order valence-electron chi connectivity index (χ3n) is 2.34. The third-order valence-corrected chi connectivity index (χ3v) is 3.57. The molecule has 0 heterocycles. The largest absolute Gasteiger partial charge is 0.497 e. The van der Waals surface area contributed by atoms with E-state index in [2.05, 4.69) is 18.6 Å². The monoisotopic (exact) mass is 267 g/mol. The van der Waals surface area contributed by atoms with Crippen LogP contribution in [-0.2, 0) is 4.74 Å². The first-order valence-corrected chi connectivity index (χ1v) is 7.88. The summed E-state index contributed by atoms with van der Waals surface area (Å²) in [6.07, 6.45) is 0.993. The van der Waals surface area contributed by atoms with Gasteiger partial charge in [0.05, 0.1) is 12.6 Å². The molecule has 18 heavy (non-hydrogen) atoms. The van der Waals surface area contributed by atoms with Crippen LogP contribution in [0, 0.1) is 0 Å². The van der Waals surface area contributed by atoms with E-state index in [-0.39, 0.29) is 6.04 Å². The van der Waals surface area contributed by atoms with Crippen molar-refractivity contribution >= 4 is 8.30 Å². The van der Waals surface area contributed by atoms with Crippen molar-refractivity contribution in [1.29, 1.82) is 0 Å². The van der Waals surface area contributed by atoms with E-state index in [1.54, 1.807) is 0 Å². The van der Waals surface area contributed by atoms with Crippen molar-refractivity contribution < 1.29 is 9.26 Å². The predicted octanol–water partition coefficient (Wildman–Crippen LogP) is 3.93. The van der Waals surface area contributed by atoms with E-state index < -0.39 is 8.30 Å². The highest BCUT2D eigenvalue weighted by Gasteiger charge is 2.12. The summed E-state index contributed by atoms with van der Waals surface area (Å²) in [7, 11) is -0.735. The van der Waals surface area contributed by atoms with Gasteiger partial charge in [-0.25, -0.2) is 0 Å². The van der Waals surface area contributed by atoms with Gasteiger partial charge in [-0.05, 0) is 25.5 Å². The van der Waals surface area contributed by atoms with Crippen molar-refractivity contribution in [3.05, 3.63) is 42.7 Å². The fourth-order valence-corrected chi connectivity index (χ4v) is 2.55. The highest BCUT2D eigenvalue weighted by Crippen LogP contribution is 2.31. The summed E-state index contributed by atoms with van der Waals surface area (Å²) in [6.45, 7) is 10.8. The second kappa shape index (κ2) is 8.12. The summed E-state index contributed by atoms with van der Waals surface area (Å²) in [5.41, 5.74) is 0. The molecule has 0 aliphatic rings. The van der Waals surface area contributed by atoms with Crippen molar-refractivity contribution in [3.63, 3.8) is 0 Å². The number of hydrogen-bond acceptors (Lipinski definition) is 3. The average molecular weight is 267 g/mol. The molecular weight excluding hydrogens is 245 g/mol. The molecule has 100 valence electrons. The Morgan fingerprint density at radius 1 is 1.39 bits per heavy atom. The SMILES string of the molecule is C=C(OCCC)[C@H](C)NP(C)Oc1ccccc1. The first-order valence-electron chi connectivity index (χ1n) is 6.18. The van der Waals surface area contributed by atoms with Gasteiger partial charge >= 0.3 is 0 Å². The van der Waals surface area contributed by atoms with Crippen LogP contribution < -0.4 is 9.61 Å². The molecule has 0 bridgehead atoms. The van der Waals surface area contributed by atoms with Gasteiger partial charge in [-0.15, -0.1) is 0 Å². The molecule has 0 aromatic heterocycles. The zero-order chi connectivity index (χ0) is 13.4. The highest BCUT2D eigenvalue weighted by atomic mass is 31.2. The van der Waals surface area contributed by atoms with Gasteiger partial charge in [0, 0.05) is 6.66 Å². The molecule has 0 saturated carbocycles. The van der Waals surface area contributed by atoms with E-state index in [9.17, 15) is 0 Å². The van der Waals surface area contributed by atoms with Crippen LogP contribution >= 0.6 is 8.30 Å². The van der Waals surface area contributed by atoms with Crippen LogP contribution in [0.1, 0.15) is 20.3 Å². The Labute approximate surface area is 111 Å². The number of para-hydroxylation sites is 1. The van der Waals surface area contributed by atoms with Gasteiger partial charge in [-0.1, -0.05) is 31.7 Å². The second-order valence-electron chi connectivity index (χ2n) is 4.07. The number of benzene rings is 1. The Bertz CT molecular complexity index is 356. The maximum atomic E-state index is 5.80. The van der Waals surface area contributed by atoms with Crippen LogP contribution in [0.2, 0.25) is 0 Å². The highest BCUT2D eigenvalue weighted by molar-refractivity contribution is 7.49. The lowest BCUT2D eigenvalue weighted by Gasteiger charge is -2.22. The minimum atomic E-state index is -0.735. The molecule has 0 radical (unpaired) electrons. The molecule has 0 aliphatic heterocycles. The Balaban J connectivity index is 2.35. The molecule has 3 nitrogen and oxygen atoms in total. The normalized spacial score (nSPS) is 13.7. The van der Waals surface area contributed by atoms with Crippen LogP contribution in [-0.4, -0.2) is 19.3 Å². The van der Waals surface area contributed by atoms with Crippen LogP contribution in [0.25, 0.3) is 0 Å².